The molecule has 0 saturated heterocycles. The van der Waals surface area contributed by atoms with Gasteiger partial charge in [-0.25, -0.2) is 4.68 Å². The van der Waals surface area contributed by atoms with Crippen LogP contribution in [0.15, 0.2) is 47.1 Å². The van der Waals surface area contributed by atoms with Crippen LogP contribution < -0.4 is 5.32 Å². The largest absolute Gasteiger partial charge is 0.387 e. The van der Waals surface area contributed by atoms with Gasteiger partial charge in [-0.15, -0.1) is 5.10 Å². The fraction of sp³-hybridized carbons (Fsp3) is 0.333. The molecule has 0 aliphatic heterocycles. The van der Waals surface area contributed by atoms with Crippen LogP contribution in [0.25, 0.3) is 11.3 Å². The Morgan fingerprint density at radius 2 is 2.12 bits per heavy atom. The molecular formula is C18H19N5O3. The Morgan fingerprint density at radius 1 is 1.35 bits per heavy atom. The predicted octanol–water partition coefficient (Wildman–Crippen LogP) is 2.12. The molecule has 2 N–H and O–H groups in total. The highest BCUT2D eigenvalue weighted by Gasteiger charge is 2.33. The summed E-state index contributed by atoms with van der Waals surface area (Å²) < 4.78 is 6.92. The first-order chi connectivity index (χ1) is 12.6. The van der Waals surface area contributed by atoms with E-state index in [0.717, 1.165) is 18.4 Å². The Morgan fingerprint density at radius 3 is 2.81 bits per heavy atom. The van der Waals surface area contributed by atoms with Gasteiger partial charge in [-0.3, -0.25) is 4.79 Å². The molecule has 8 heteroatoms. The van der Waals surface area contributed by atoms with Crippen LogP contribution in [0.3, 0.4) is 0 Å². The molecule has 1 saturated carbocycles. The fourth-order valence-electron chi connectivity index (χ4n) is 2.97. The maximum atomic E-state index is 12.3. The monoisotopic (exact) mass is 353 g/mol. The van der Waals surface area contributed by atoms with Crippen molar-refractivity contribution in [2.45, 2.75) is 38.0 Å². The second-order valence-corrected chi connectivity index (χ2v) is 6.54. The average Bonchev–Trinajstić information content (AvgIpc) is 3.28. The number of amides is 1. The molecule has 1 fully saturated rings. The Balaban J connectivity index is 1.33. The normalized spacial score (nSPS) is 20.4. The van der Waals surface area contributed by atoms with E-state index in [4.69, 9.17) is 4.52 Å². The molecular weight excluding hydrogens is 334 g/mol. The number of aromatic nitrogens is 4. The summed E-state index contributed by atoms with van der Waals surface area (Å²) in [5.74, 6) is -0.0733. The Bertz CT molecular complexity index is 896. The second kappa shape index (κ2) is 6.72. The van der Waals surface area contributed by atoms with Crippen LogP contribution in [0.1, 0.15) is 48.2 Å². The highest BCUT2D eigenvalue weighted by atomic mass is 16.5. The number of nitrogens with one attached hydrogen (secondary N) is 1. The highest BCUT2D eigenvalue weighted by Crippen LogP contribution is 2.32. The van der Waals surface area contributed by atoms with Crippen molar-refractivity contribution in [1.82, 2.24) is 25.5 Å². The maximum absolute atomic E-state index is 12.3. The van der Waals surface area contributed by atoms with Crippen molar-refractivity contribution in [3.05, 3.63) is 54.0 Å². The molecule has 3 aromatic rings. The molecule has 8 nitrogen and oxygen atoms in total. The van der Waals surface area contributed by atoms with Gasteiger partial charge in [0.15, 0.2) is 0 Å². The standard InChI is InChI=1S/C18H19N5O3/c1-11(24)16-10-23(22-20-16)14-7-13(8-14)19-18(25)17-9-15(21-26-17)12-5-3-2-4-6-12/h2-6,9-11,13-14,24H,7-8H2,1H3,(H,19,25)/t11-,13-,14+/m0/s1. The summed E-state index contributed by atoms with van der Waals surface area (Å²) in [6.45, 7) is 1.65. The zero-order valence-corrected chi connectivity index (χ0v) is 14.2. The SMILES string of the molecule is C[C@H](O)c1cn([C@H]2C[C@@H](NC(=O)c3cc(-c4ccccc4)no3)C2)nn1. The van der Waals surface area contributed by atoms with E-state index in [-0.39, 0.29) is 23.8 Å². The van der Waals surface area contributed by atoms with E-state index in [1.165, 1.54) is 0 Å². The number of hydrogen-bond donors (Lipinski definition) is 2. The third-order valence-electron chi connectivity index (χ3n) is 4.58. The lowest BCUT2D eigenvalue weighted by atomic mass is 9.87. The van der Waals surface area contributed by atoms with E-state index in [9.17, 15) is 9.90 Å². The first-order valence-electron chi connectivity index (χ1n) is 8.53. The van der Waals surface area contributed by atoms with Crippen molar-refractivity contribution in [3.8, 4) is 11.3 Å². The van der Waals surface area contributed by atoms with Crippen molar-refractivity contribution in [3.63, 3.8) is 0 Å². The smallest absolute Gasteiger partial charge is 0.290 e. The van der Waals surface area contributed by atoms with Gasteiger partial charge in [-0.2, -0.15) is 0 Å². The van der Waals surface area contributed by atoms with E-state index in [2.05, 4.69) is 20.8 Å². The van der Waals surface area contributed by atoms with Crippen molar-refractivity contribution >= 4 is 5.91 Å². The topological polar surface area (TPSA) is 106 Å². The zero-order valence-electron chi connectivity index (χ0n) is 14.2. The number of aliphatic hydroxyl groups excluding tert-OH is 1. The Kier molecular flexibility index (Phi) is 4.26. The molecule has 0 radical (unpaired) electrons. The number of carbonyl (C=O) groups is 1. The van der Waals surface area contributed by atoms with E-state index >= 15 is 0 Å². The van der Waals surface area contributed by atoms with Crippen LogP contribution in [0.4, 0.5) is 0 Å². The summed E-state index contributed by atoms with van der Waals surface area (Å²) in [7, 11) is 0. The number of rotatable bonds is 5. The summed E-state index contributed by atoms with van der Waals surface area (Å²) in [6.07, 6.45) is 2.63. The van der Waals surface area contributed by atoms with Crippen LogP contribution >= 0.6 is 0 Å². The lowest BCUT2D eigenvalue weighted by molar-refractivity contribution is 0.0850. The third kappa shape index (κ3) is 3.23. The fourth-order valence-corrected chi connectivity index (χ4v) is 2.97. The van der Waals surface area contributed by atoms with Gasteiger partial charge in [0.25, 0.3) is 5.91 Å². The first kappa shape index (κ1) is 16.5. The minimum Gasteiger partial charge on any atom is -0.387 e. The van der Waals surface area contributed by atoms with E-state index in [1.54, 1.807) is 23.9 Å². The molecule has 134 valence electrons. The molecule has 1 aliphatic carbocycles. The molecule has 1 aromatic carbocycles. The Labute approximate surface area is 149 Å². The van der Waals surface area contributed by atoms with Crippen molar-refractivity contribution in [2.75, 3.05) is 0 Å². The van der Waals surface area contributed by atoms with Crippen LogP contribution in [0, 0.1) is 0 Å². The highest BCUT2D eigenvalue weighted by molar-refractivity contribution is 5.92. The average molecular weight is 353 g/mol. The van der Waals surface area contributed by atoms with Crippen molar-refractivity contribution in [2.24, 2.45) is 0 Å². The van der Waals surface area contributed by atoms with E-state index in [1.807, 2.05) is 30.3 Å². The third-order valence-corrected chi connectivity index (χ3v) is 4.58. The first-order valence-corrected chi connectivity index (χ1v) is 8.53. The molecule has 2 heterocycles. The van der Waals surface area contributed by atoms with Gasteiger partial charge in [0.1, 0.15) is 11.4 Å². The summed E-state index contributed by atoms with van der Waals surface area (Å²) in [6, 6.07) is 11.4. The summed E-state index contributed by atoms with van der Waals surface area (Å²) in [5.41, 5.74) is 2.09. The zero-order chi connectivity index (χ0) is 18.1. The number of carbonyl (C=O) groups excluding carboxylic acids is 1. The maximum Gasteiger partial charge on any atom is 0.290 e. The summed E-state index contributed by atoms with van der Waals surface area (Å²) >= 11 is 0. The van der Waals surface area contributed by atoms with Gasteiger partial charge < -0.3 is 14.9 Å². The summed E-state index contributed by atoms with van der Waals surface area (Å²) in [5, 5.41) is 24.4. The van der Waals surface area contributed by atoms with Gasteiger partial charge in [-0.05, 0) is 19.8 Å². The van der Waals surface area contributed by atoms with Gasteiger partial charge >= 0.3 is 0 Å². The predicted molar refractivity (Wildman–Crippen MR) is 92.1 cm³/mol. The molecule has 1 amide bonds. The molecule has 0 spiro atoms. The van der Waals surface area contributed by atoms with Crippen LogP contribution in [0.5, 0.6) is 0 Å². The number of nitrogens with zero attached hydrogens (tertiary/aromatic N) is 4. The van der Waals surface area contributed by atoms with Crippen LogP contribution in [-0.2, 0) is 0 Å². The quantitative estimate of drug-likeness (QED) is 0.728. The second-order valence-electron chi connectivity index (χ2n) is 6.54. The molecule has 0 bridgehead atoms. The number of aliphatic hydroxyl groups is 1. The lowest BCUT2D eigenvalue weighted by Crippen LogP contribution is -2.45. The van der Waals surface area contributed by atoms with Crippen LogP contribution in [-0.4, -0.2) is 37.2 Å². The van der Waals surface area contributed by atoms with E-state index in [0.29, 0.717) is 11.4 Å². The lowest BCUT2D eigenvalue weighted by Gasteiger charge is -2.35. The van der Waals surface area contributed by atoms with E-state index < -0.39 is 6.10 Å². The summed E-state index contributed by atoms with van der Waals surface area (Å²) in [4.78, 5) is 12.3. The molecule has 26 heavy (non-hydrogen) atoms. The molecule has 2 aromatic heterocycles. The Hall–Kier alpha value is -3.00. The molecule has 1 aliphatic rings. The van der Waals surface area contributed by atoms with Crippen molar-refractivity contribution < 1.29 is 14.4 Å². The minimum atomic E-state index is -0.635. The van der Waals surface area contributed by atoms with Gasteiger partial charge in [-0.1, -0.05) is 40.7 Å². The molecule has 0 unspecified atom stereocenters. The van der Waals surface area contributed by atoms with Gasteiger partial charge in [0.2, 0.25) is 5.76 Å². The van der Waals surface area contributed by atoms with Crippen molar-refractivity contribution in [1.29, 1.82) is 0 Å². The number of hydrogen-bond acceptors (Lipinski definition) is 6. The van der Waals surface area contributed by atoms with Gasteiger partial charge in [0, 0.05) is 17.7 Å². The molecule has 4 rings (SSSR count). The number of benzene rings is 1. The van der Waals surface area contributed by atoms with Crippen LogP contribution in [0.2, 0.25) is 0 Å². The van der Waals surface area contributed by atoms with Gasteiger partial charge in [0.05, 0.1) is 18.3 Å². The molecule has 1 atom stereocenters. The minimum absolute atomic E-state index is 0.0528.